The van der Waals surface area contributed by atoms with Gasteiger partial charge in [0, 0.05) is 5.75 Å². The molecule has 0 atom stereocenters. The number of unbranched alkanes of at least 4 members (excludes halogenated alkanes) is 7. The molecule has 1 aromatic rings. The minimum absolute atomic E-state index is 1.14. The number of thioether (sulfide) groups is 1. The van der Waals surface area contributed by atoms with E-state index >= 15 is 0 Å². The molecule has 2 nitrogen and oxygen atoms in total. The van der Waals surface area contributed by atoms with Crippen LogP contribution in [0, 0.1) is 0 Å². The van der Waals surface area contributed by atoms with Crippen molar-refractivity contribution in [1.29, 1.82) is 0 Å². The van der Waals surface area contributed by atoms with Gasteiger partial charge in [-0.15, -0.1) is 0 Å². The lowest BCUT2D eigenvalue weighted by molar-refractivity contribution is -0.671. The van der Waals surface area contributed by atoms with E-state index in [2.05, 4.69) is 53.6 Å². The molecule has 0 bridgehead atoms. The number of rotatable bonds is 12. The largest absolute Gasteiger partial charge is 0.243 e. The monoisotopic (exact) mass is 283 g/mol. The second kappa shape index (κ2) is 11.4. The Bertz CT molecular complexity index is 309. The molecule has 19 heavy (non-hydrogen) atoms. The van der Waals surface area contributed by atoms with Crippen LogP contribution in [0.5, 0.6) is 0 Å². The Kier molecular flexibility index (Phi) is 9.96. The summed E-state index contributed by atoms with van der Waals surface area (Å²) < 4.78 is 4.37. The van der Waals surface area contributed by atoms with Crippen molar-refractivity contribution in [3.63, 3.8) is 0 Å². The number of aromatic nitrogens is 2. The van der Waals surface area contributed by atoms with Crippen molar-refractivity contribution in [3.8, 4) is 0 Å². The van der Waals surface area contributed by atoms with Gasteiger partial charge in [-0.3, -0.25) is 0 Å². The van der Waals surface area contributed by atoms with Crippen molar-refractivity contribution in [1.82, 2.24) is 4.57 Å². The highest BCUT2D eigenvalue weighted by molar-refractivity contribution is 7.99. The van der Waals surface area contributed by atoms with Gasteiger partial charge in [0.1, 0.15) is 12.4 Å². The van der Waals surface area contributed by atoms with E-state index in [1.54, 1.807) is 0 Å². The molecular weight excluding hydrogens is 252 g/mol. The zero-order valence-electron chi connectivity index (χ0n) is 12.8. The highest BCUT2D eigenvalue weighted by Crippen LogP contribution is 2.11. The maximum atomic E-state index is 2.28. The maximum Gasteiger partial charge on any atom is 0.243 e. The Morgan fingerprint density at radius 1 is 0.947 bits per heavy atom. The molecule has 0 spiro atoms. The Labute approximate surface area is 123 Å². The number of aryl methyl sites for hydroxylation is 2. The van der Waals surface area contributed by atoms with Gasteiger partial charge in [0.25, 0.3) is 0 Å². The predicted octanol–water partition coefficient (Wildman–Crippen LogP) is 4.19. The SMILES string of the molecule is CCCCCCCCCCSCCn1cc[n+](C)c1. The molecule has 0 radical (unpaired) electrons. The zero-order chi connectivity index (χ0) is 13.8. The molecule has 1 heterocycles. The van der Waals surface area contributed by atoms with Gasteiger partial charge in [0.15, 0.2) is 0 Å². The van der Waals surface area contributed by atoms with Crippen LogP contribution >= 0.6 is 11.8 Å². The Hall–Kier alpha value is -0.440. The van der Waals surface area contributed by atoms with Crippen molar-refractivity contribution < 1.29 is 4.57 Å². The lowest BCUT2D eigenvalue weighted by atomic mass is 10.1. The van der Waals surface area contributed by atoms with Gasteiger partial charge in [0.2, 0.25) is 6.33 Å². The molecule has 0 fully saturated rings. The summed E-state index contributed by atoms with van der Waals surface area (Å²) in [6.45, 7) is 3.42. The second-order valence-corrected chi connectivity index (χ2v) is 6.63. The highest BCUT2D eigenvalue weighted by Gasteiger charge is 1.99. The third-order valence-electron chi connectivity index (χ3n) is 3.46. The number of hydrogen-bond donors (Lipinski definition) is 0. The summed E-state index contributed by atoms with van der Waals surface area (Å²) in [5.74, 6) is 2.58. The van der Waals surface area contributed by atoms with Crippen LogP contribution in [0.25, 0.3) is 0 Å². The summed E-state index contributed by atoms with van der Waals surface area (Å²) in [6, 6.07) is 0. The summed E-state index contributed by atoms with van der Waals surface area (Å²) in [5.41, 5.74) is 0. The molecule has 1 aromatic heterocycles. The number of imidazole rings is 1. The number of nitrogens with zero attached hydrogens (tertiary/aromatic N) is 2. The molecule has 0 N–H and O–H groups in total. The van der Waals surface area contributed by atoms with Gasteiger partial charge in [-0.05, 0) is 12.2 Å². The second-order valence-electron chi connectivity index (χ2n) is 5.40. The van der Waals surface area contributed by atoms with Crippen molar-refractivity contribution in [2.24, 2.45) is 7.05 Å². The van der Waals surface area contributed by atoms with Gasteiger partial charge in [0.05, 0.1) is 13.6 Å². The van der Waals surface area contributed by atoms with Crippen LogP contribution in [0.4, 0.5) is 0 Å². The van der Waals surface area contributed by atoms with Crippen molar-refractivity contribution in [3.05, 3.63) is 18.7 Å². The molecule has 0 aliphatic carbocycles. The normalized spacial score (nSPS) is 11.1. The quantitative estimate of drug-likeness (QED) is 0.413. The fraction of sp³-hybridized carbons (Fsp3) is 0.812. The van der Waals surface area contributed by atoms with E-state index in [4.69, 9.17) is 0 Å². The fourth-order valence-electron chi connectivity index (χ4n) is 2.24. The minimum atomic E-state index is 1.14. The van der Waals surface area contributed by atoms with Crippen LogP contribution in [0.2, 0.25) is 0 Å². The molecule has 0 saturated heterocycles. The third-order valence-corrected chi connectivity index (χ3v) is 4.51. The van der Waals surface area contributed by atoms with Crippen LogP contribution in [0.15, 0.2) is 18.7 Å². The molecule has 0 unspecified atom stereocenters. The van der Waals surface area contributed by atoms with Crippen LogP contribution in [-0.4, -0.2) is 16.1 Å². The molecule has 0 saturated carbocycles. The average Bonchev–Trinajstić information content (AvgIpc) is 2.82. The Balaban J connectivity index is 1.79. The van der Waals surface area contributed by atoms with Crippen LogP contribution < -0.4 is 4.57 Å². The molecule has 0 aliphatic heterocycles. The molecule has 0 aromatic carbocycles. The van der Waals surface area contributed by atoms with Crippen LogP contribution in [-0.2, 0) is 13.6 Å². The molecule has 3 heteroatoms. The van der Waals surface area contributed by atoms with Crippen LogP contribution in [0.1, 0.15) is 58.3 Å². The fourth-order valence-corrected chi connectivity index (χ4v) is 3.20. The van der Waals surface area contributed by atoms with Crippen molar-refractivity contribution in [2.75, 3.05) is 11.5 Å². The first-order valence-corrected chi connectivity index (χ1v) is 9.07. The zero-order valence-corrected chi connectivity index (χ0v) is 13.6. The highest BCUT2D eigenvalue weighted by atomic mass is 32.2. The summed E-state index contributed by atoms with van der Waals surface area (Å²) in [6.07, 6.45) is 17.8. The van der Waals surface area contributed by atoms with Gasteiger partial charge < -0.3 is 0 Å². The van der Waals surface area contributed by atoms with E-state index in [0.717, 1.165) is 6.54 Å². The minimum Gasteiger partial charge on any atom is -0.240 e. The molecule has 0 amide bonds. The number of hydrogen-bond acceptors (Lipinski definition) is 1. The average molecular weight is 284 g/mol. The van der Waals surface area contributed by atoms with E-state index in [1.807, 2.05) is 0 Å². The first-order chi connectivity index (χ1) is 9.33. The van der Waals surface area contributed by atoms with E-state index in [0.29, 0.717) is 0 Å². The molecule has 1 rings (SSSR count). The van der Waals surface area contributed by atoms with E-state index < -0.39 is 0 Å². The van der Waals surface area contributed by atoms with E-state index in [-0.39, 0.29) is 0 Å². The van der Waals surface area contributed by atoms with Gasteiger partial charge in [-0.25, -0.2) is 9.13 Å². The Morgan fingerprint density at radius 3 is 2.26 bits per heavy atom. The molecule has 0 aliphatic rings. The molecule has 110 valence electrons. The maximum absolute atomic E-state index is 2.28. The van der Waals surface area contributed by atoms with Crippen molar-refractivity contribution in [2.45, 2.75) is 64.8 Å². The Morgan fingerprint density at radius 2 is 1.63 bits per heavy atom. The van der Waals surface area contributed by atoms with Gasteiger partial charge in [-0.1, -0.05) is 51.9 Å². The van der Waals surface area contributed by atoms with Crippen LogP contribution in [0.3, 0.4) is 0 Å². The summed E-state index contributed by atoms with van der Waals surface area (Å²) >= 11 is 2.10. The third kappa shape index (κ3) is 9.15. The summed E-state index contributed by atoms with van der Waals surface area (Å²) in [7, 11) is 2.07. The van der Waals surface area contributed by atoms with Crippen molar-refractivity contribution >= 4 is 11.8 Å². The van der Waals surface area contributed by atoms with Gasteiger partial charge in [-0.2, -0.15) is 11.8 Å². The van der Waals surface area contributed by atoms with E-state index in [1.165, 1.54) is 62.9 Å². The lowest BCUT2D eigenvalue weighted by Crippen LogP contribution is -2.23. The smallest absolute Gasteiger partial charge is 0.240 e. The topological polar surface area (TPSA) is 8.81 Å². The summed E-state index contributed by atoms with van der Waals surface area (Å²) in [4.78, 5) is 0. The summed E-state index contributed by atoms with van der Waals surface area (Å²) in [5, 5.41) is 0. The predicted molar refractivity (Wildman–Crippen MR) is 85.5 cm³/mol. The lowest BCUT2D eigenvalue weighted by Gasteiger charge is -2.02. The van der Waals surface area contributed by atoms with E-state index in [9.17, 15) is 0 Å². The first kappa shape index (κ1) is 16.6. The van der Waals surface area contributed by atoms with Gasteiger partial charge >= 0.3 is 0 Å². The standard InChI is InChI=1S/C16H31N2S/c1-3-4-5-6-7-8-9-10-14-19-15-13-18-12-11-17(2)16-18/h11-12,16H,3-10,13-15H2,1-2H3/q+1. The molecular formula is C16H31N2S+. The first-order valence-electron chi connectivity index (χ1n) is 7.91.